The summed E-state index contributed by atoms with van der Waals surface area (Å²) >= 11 is 1.64. The summed E-state index contributed by atoms with van der Waals surface area (Å²) in [6.45, 7) is 0. The Labute approximate surface area is 116 Å². The quantitative estimate of drug-likeness (QED) is 0.929. The molecule has 96 valence electrons. The number of rotatable bonds is 3. The summed E-state index contributed by atoms with van der Waals surface area (Å²) in [6, 6.07) is 19.9. The number of hydrogen-bond donors (Lipinski definition) is 1. The van der Waals surface area contributed by atoms with E-state index in [9.17, 15) is 4.79 Å². The molecule has 0 radical (unpaired) electrons. The van der Waals surface area contributed by atoms with Crippen molar-refractivity contribution in [2.24, 2.45) is 0 Å². The minimum absolute atomic E-state index is 0.0360. The van der Waals surface area contributed by atoms with Crippen LogP contribution in [0.2, 0.25) is 0 Å². The largest absolute Gasteiger partial charge is 0.295 e. The zero-order chi connectivity index (χ0) is 13.1. The highest BCUT2D eigenvalue weighted by Crippen LogP contribution is 2.38. The third-order valence-corrected chi connectivity index (χ3v) is 4.19. The summed E-state index contributed by atoms with van der Waals surface area (Å²) in [6.07, 6.45) is 0. The number of benzene rings is 2. The standard InChI is InChI=1S/C15H14N2OS/c18-14-11-19-15(12-7-3-1-4-8-12)17(14)16-13-9-5-2-6-10-13/h1-10,15-16H,11H2/t15-/m1/s1. The maximum atomic E-state index is 12.0. The molecule has 0 bridgehead atoms. The first-order valence-corrected chi connectivity index (χ1v) is 7.20. The lowest BCUT2D eigenvalue weighted by atomic mass is 10.2. The maximum Gasteiger partial charge on any atom is 0.252 e. The topological polar surface area (TPSA) is 32.3 Å². The van der Waals surface area contributed by atoms with Crippen LogP contribution in [0.25, 0.3) is 0 Å². The molecular formula is C15H14N2OS. The second-order valence-corrected chi connectivity index (χ2v) is 5.38. The van der Waals surface area contributed by atoms with Crippen molar-refractivity contribution in [3.8, 4) is 0 Å². The van der Waals surface area contributed by atoms with Gasteiger partial charge in [0.1, 0.15) is 5.37 Å². The van der Waals surface area contributed by atoms with Crippen molar-refractivity contribution in [2.75, 3.05) is 11.2 Å². The van der Waals surface area contributed by atoms with Gasteiger partial charge >= 0.3 is 0 Å². The molecule has 0 aliphatic carbocycles. The van der Waals surface area contributed by atoms with Crippen LogP contribution in [0.5, 0.6) is 0 Å². The van der Waals surface area contributed by atoms with E-state index < -0.39 is 0 Å². The fraction of sp³-hybridized carbons (Fsp3) is 0.133. The number of carbonyl (C=O) groups is 1. The number of thioether (sulfide) groups is 1. The number of carbonyl (C=O) groups excluding carboxylic acids is 1. The SMILES string of the molecule is O=C1CS[C@H](c2ccccc2)N1Nc1ccccc1. The van der Waals surface area contributed by atoms with E-state index >= 15 is 0 Å². The van der Waals surface area contributed by atoms with Gasteiger partial charge in [-0.2, -0.15) is 0 Å². The van der Waals surface area contributed by atoms with Crippen LogP contribution >= 0.6 is 11.8 Å². The molecule has 1 aliphatic rings. The Kier molecular flexibility index (Phi) is 3.42. The molecule has 1 atom stereocenters. The zero-order valence-electron chi connectivity index (χ0n) is 10.3. The lowest BCUT2D eigenvalue weighted by Gasteiger charge is -2.25. The van der Waals surface area contributed by atoms with E-state index in [4.69, 9.17) is 0 Å². The van der Waals surface area contributed by atoms with Gasteiger partial charge in [-0.3, -0.25) is 10.2 Å². The number of para-hydroxylation sites is 1. The monoisotopic (exact) mass is 270 g/mol. The van der Waals surface area contributed by atoms with Crippen molar-refractivity contribution < 1.29 is 4.79 Å². The van der Waals surface area contributed by atoms with E-state index in [2.05, 4.69) is 17.6 Å². The average molecular weight is 270 g/mol. The molecule has 0 unspecified atom stereocenters. The predicted molar refractivity (Wildman–Crippen MR) is 78.6 cm³/mol. The highest BCUT2D eigenvalue weighted by molar-refractivity contribution is 8.00. The van der Waals surface area contributed by atoms with Crippen LogP contribution in [0.1, 0.15) is 10.9 Å². The minimum Gasteiger partial charge on any atom is -0.295 e. The van der Waals surface area contributed by atoms with Crippen LogP contribution in [-0.4, -0.2) is 16.7 Å². The average Bonchev–Trinajstić information content (AvgIpc) is 2.82. The Bertz CT molecular complexity index is 559. The lowest BCUT2D eigenvalue weighted by Crippen LogP contribution is -2.33. The Hall–Kier alpha value is -1.94. The number of nitrogens with zero attached hydrogens (tertiary/aromatic N) is 1. The molecule has 3 rings (SSSR count). The third-order valence-electron chi connectivity index (χ3n) is 2.98. The highest BCUT2D eigenvalue weighted by Gasteiger charge is 2.33. The van der Waals surface area contributed by atoms with Gasteiger partial charge in [-0.25, -0.2) is 5.01 Å². The van der Waals surface area contributed by atoms with E-state index in [1.165, 1.54) is 0 Å². The second-order valence-electron chi connectivity index (χ2n) is 4.32. The molecule has 2 aromatic carbocycles. The van der Waals surface area contributed by atoms with Gasteiger partial charge in [-0.1, -0.05) is 48.5 Å². The van der Waals surface area contributed by atoms with Crippen LogP contribution in [0.15, 0.2) is 60.7 Å². The van der Waals surface area contributed by atoms with Crippen molar-refractivity contribution in [1.29, 1.82) is 0 Å². The van der Waals surface area contributed by atoms with Crippen LogP contribution in [-0.2, 0) is 4.79 Å². The van der Waals surface area contributed by atoms with Gasteiger partial charge in [-0.05, 0) is 17.7 Å². The molecular weight excluding hydrogens is 256 g/mol. The number of hydrogen-bond acceptors (Lipinski definition) is 3. The molecule has 3 nitrogen and oxygen atoms in total. The smallest absolute Gasteiger partial charge is 0.252 e. The predicted octanol–water partition coefficient (Wildman–Crippen LogP) is 3.29. The van der Waals surface area contributed by atoms with Gasteiger partial charge in [0.25, 0.3) is 5.91 Å². The number of hydrazine groups is 1. The van der Waals surface area contributed by atoms with Gasteiger partial charge in [0.15, 0.2) is 0 Å². The molecule has 4 heteroatoms. The highest BCUT2D eigenvalue weighted by atomic mass is 32.2. The second kappa shape index (κ2) is 5.36. The summed E-state index contributed by atoms with van der Waals surface area (Å²) in [7, 11) is 0. The molecule has 0 aromatic heterocycles. The van der Waals surface area contributed by atoms with E-state index in [0.29, 0.717) is 5.75 Å². The van der Waals surface area contributed by atoms with Crippen LogP contribution < -0.4 is 5.43 Å². The normalized spacial score (nSPS) is 18.6. The van der Waals surface area contributed by atoms with Crippen molar-refractivity contribution in [3.05, 3.63) is 66.2 Å². The summed E-state index contributed by atoms with van der Waals surface area (Å²) in [5, 5.41) is 1.75. The summed E-state index contributed by atoms with van der Waals surface area (Å²) in [4.78, 5) is 12.0. The maximum absolute atomic E-state index is 12.0. The summed E-state index contributed by atoms with van der Waals surface area (Å²) in [5.41, 5.74) is 5.27. The van der Waals surface area contributed by atoms with E-state index in [1.807, 2.05) is 48.5 Å². The van der Waals surface area contributed by atoms with Crippen LogP contribution in [0, 0.1) is 0 Å². The van der Waals surface area contributed by atoms with Crippen molar-refractivity contribution in [3.63, 3.8) is 0 Å². The number of amides is 1. The number of nitrogens with one attached hydrogen (secondary N) is 1. The Morgan fingerprint density at radius 1 is 1.00 bits per heavy atom. The number of anilines is 1. The molecule has 1 N–H and O–H groups in total. The fourth-order valence-corrected chi connectivity index (χ4v) is 3.17. The van der Waals surface area contributed by atoms with E-state index in [1.54, 1.807) is 16.8 Å². The Balaban J connectivity index is 1.83. The fourth-order valence-electron chi connectivity index (χ4n) is 2.06. The van der Waals surface area contributed by atoms with Gasteiger partial charge in [-0.15, -0.1) is 11.8 Å². The zero-order valence-corrected chi connectivity index (χ0v) is 11.1. The molecule has 1 saturated heterocycles. The van der Waals surface area contributed by atoms with Gasteiger partial charge in [0.2, 0.25) is 0 Å². The summed E-state index contributed by atoms with van der Waals surface area (Å²) < 4.78 is 0. The van der Waals surface area contributed by atoms with Crippen LogP contribution in [0.4, 0.5) is 5.69 Å². The third kappa shape index (κ3) is 2.58. The van der Waals surface area contributed by atoms with Gasteiger partial charge < -0.3 is 0 Å². The minimum atomic E-state index is 0.0360. The molecule has 2 aromatic rings. The molecule has 19 heavy (non-hydrogen) atoms. The van der Waals surface area contributed by atoms with E-state index in [0.717, 1.165) is 11.3 Å². The lowest BCUT2D eigenvalue weighted by molar-refractivity contribution is -0.126. The molecule has 1 aliphatic heterocycles. The first-order chi connectivity index (χ1) is 9.34. The molecule has 1 fully saturated rings. The van der Waals surface area contributed by atoms with Crippen LogP contribution in [0.3, 0.4) is 0 Å². The van der Waals surface area contributed by atoms with Gasteiger partial charge in [0, 0.05) is 0 Å². The Morgan fingerprint density at radius 3 is 2.32 bits per heavy atom. The molecule has 1 amide bonds. The molecule has 0 saturated carbocycles. The Morgan fingerprint density at radius 2 is 1.63 bits per heavy atom. The first-order valence-electron chi connectivity index (χ1n) is 6.15. The molecule has 1 heterocycles. The van der Waals surface area contributed by atoms with E-state index in [-0.39, 0.29) is 11.3 Å². The van der Waals surface area contributed by atoms with Crippen molar-refractivity contribution >= 4 is 23.4 Å². The first kappa shape index (κ1) is 12.1. The van der Waals surface area contributed by atoms with Gasteiger partial charge in [0.05, 0.1) is 11.4 Å². The summed E-state index contributed by atoms with van der Waals surface area (Å²) in [5.74, 6) is 0.627. The van der Waals surface area contributed by atoms with Crippen molar-refractivity contribution in [1.82, 2.24) is 5.01 Å². The molecule has 0 spiro atoms. The van der Waals surface area contributed by atoms with Crippen molar-refractivity contribution in [2.45, 2.75) is 5.37 Å².